The average Bonchev–Trinajstić information content (AvgIpc) is 3.36. The predicted octanol–water partition coefficient (Wildman–Crippen LogP) is 3.06. The standard InChI is InChI=1S/C22H20N8O/c1-30(2)12-19(31)24-14-9-13(10-23-11-14)15-7-8-18-20(25-15)21(29-28-18)22-26-16-5-3-4-6-17(16)27-22/h3-11H,12H2,1-2H3,(H,24,31)(H,26,27)(H,28,29). The molecular formula is C22H20N8O. The normalized spacial score (nSPS) is 11.5. The number of nitrogens with one attached hydrogen (secondary N) is 3. The van der Waals surface area contributed by atoms with Gasteiger partial charge in [0.1, 0.15) is 5.52 Å². The quantitative estimate of drug-likeness (QED) is 0.409. The average molecular weight is 412 g/mol. The van der Waals surface area contributed by atoms with Crippen molar-refractivity contribution in [3.8, 4) is 22.8 Å². The highest BCUT2D eigenvalue weighted by molar-refractivity contribution is 5.93. The number of H-pyrrole nitrogens is 2. The number of aromatic amines is 2. The molecule has 0 radical (unpaired) electrons. The summed E-state index contributed by atoms with van der Waals surface area (Å²) in [6.45, 7) is 0.296. The second-order valence-electron chi connectivity index (χ2n) is 7.52. The Morgan fingerprint density at radius 2 is 1.94 bits per heavy atom. The van der Waals surface area contributed by atoms with Gasteiger partial charge >= 0.3 is 0 Å². The smallest absolute Gasteiger partial charge is 0.238 e. The molecule has 1 aromatic carbocycles. The van der Waals surface area contributed by atoms with Gasteiger partial charge in [-0.15, -0.1) is 0 Å². The Kier molecular flexibility index (Phi) is 4.64. The van der Waals surface area contributed by atoms with Gasteiger partial charge in [-0.1, -0.05) is 12.1 Å². The molecule has 154 valence electrons. The summed E-state index contributed by atoms with van der Waals surface area (Å²) in [7, 11) is 3.69. The summed E-state index contributed by atoms with van der Waals surface area (Å²) < 4.78 is 0. The summed E-state index contributed by atoms with van der Waals surface area (Å²) in [6, 6.07) is 13.5. The van der Waals surface area contributed by atoms with Crippen LogP contribution in [0.5, 0.6) is 0 Å². The number of carbonyl (C=O) groups excluding carboxylic acids is 1. The Balaban J connectivity index is 1.51. The lowest BCUT2D eigenvalue weighted by molar-refractivity contribution is -0.116. The molecular weight excluding hydrogens is 392 g/mol. The number of pyridine rings is 2. The van der Waals surface area contributed by atoms with Crippen molar-refractivity contribution in [2.75, 3.05) is 26.0 Å². The summed E-state index contributed by atoms with van der Waals surface area (Å²) in [5.41, 5.74) is 6.11. The van der Waals surface area contributed by atoms with E-state index in [9.17, 15) is 4.79 Å². The molecule has 0 bridgehead atoms. The first-order valence-electron chi connectivity index (χ1n) is 9.77. The highest BCUT2D eigenvalue weighted by Gasteiger charge is 2.15. The van der Waals surface area contributed by atoms with Gasteiger partial charge in [-0.2, -0.15) is 5.10 Å². The lowest BCUT2D eigenvalue weighted by atomic mass is 10.1. The zero-order chi connectivity index (χ0) is 21.4. The Morgan fingerprint density at radius 3 is 2.77 bits per heavy atom. The number of imidazole rings is 1. The summed E-state index contributed by atoms with van der Waals surface area (Å²) in [5.74, 6) is 0.550. The number of fused-ring (bicyclic) bond motifs is 2. The highest BCUT2D eigenvalue weighted by atomic mass is 16.2. The monoisotopic (exact) mass is 412 g/mol. The molecule has 4 heterocycles. The van der Waals surface area contributed by atoms with Crippen molar-refractivity contribution >= 4 is 33.7 Å². The van der Waals surface area contributed by atoms with Crippen LogP contribution in [0, 0.1) is 0 Å². The summed E-state index contributed by atoms with van der Waals surface area (Å²) in [5, 5.41) is 10.3. The molecule has 0 saturated heterocycles. The minimum atomic E-state index is -0.102. The zero-order valence-corrected chi connectivity index (χ0v) is 17.0. The van der Waals surface area contributed by atoms with Gasteiger partial charge in [-0.05, 0) is 44.4 Å². The van der Waals surface area contributed by atoms with Crippen molar-refractivity contribution < 1.29 is 4.79 Å². The fourth-order valence-electron chi connectivity index (χ4n) is 3.43. The zero-order valence-electron chi connectivity index (χ0n) is 17.0. The van der Waals surface area contributed by atoms with E-state index < -0.39 is 0 Å². The van der Waals surface area contributed by atoms with E-state index in [0.29, 0.717) is 29.3 Å². The van der Waals surface area contributed by atoms with Crippen molar-refractivity contribution in [3.05, 3.63) is 54.9 Å². The third-order valence-corrected chi connectivity index (χ3v) is 4.80. The van der Waals surface area contributed by atoms with Crippen molar-refractivity contribution in [1.82, 2.24) is 35.0 Å². The molecule has 9 nitrogen and oxygen atoms in total. The number of likely N-dealkylation sites (N-methyl/N-ethyl adjacent to an activating group) is 1. The minimum absolute atomic E-state index is 0.102. The van der Waals surface area contributed by atoms with E-state index in [1.807, 2.05) is 56.6 Å². The SMILES string of the molecule is CN(C)CC(=O)Nc1cncc(-c2ccc3[nH]nc(-c4nc5ccccc5[nH]4)c3n2)c1. The fraction of sp³-hybridized carbons (Fsp3) is 0.136. The molecule has 3 N–H and O–H groups in total. The number of para-hydroxylation sites is 2. The van der Waals surface area contributed by atoms with E-state index in [2.05, 4.69) is 30.5 Å². The lowest BCUT2D eigenvalue weighted by Gasteiger charge is -2.10. The Labute approximate surface area is 177 Å². The van der Waals surface area contributed by atoms with Crippen LogP contribution in [0.4, 0.5) is 5.69 Å². The summed E-state index contributed by atoms with van der Waals surface area (Å²) >= 11 is 0. The first kappa shape index (κ1) is 18.9. The maximum Gasteiger partial charge on any atom is 0.238 e. The number of aromatic nitrogens is 6. The van der Waals surface area contributed by atoms with Gasteiger partial charge in [0.2, 0.25) is 5.91 Å². The molecule has 0 saturated carbocycles. The number of benzene rings is 1. The van der Waals surface area contributed by atoms with Gasteiger partial charge in [0.15, 0.2) is 11.5 Å². The van der Waals surface area contributed by atoms with Crippen molar-refractivity contribution in [2.45, 2.75) is 0 Å². The Morgan fingerprint density at radius 1 is 1.06 bits per heavy atom. The molecule has 0 unspecified atom stereocenters. The van der Waals surface area contributed by atoms with Gasteiger partial charge < -0.3 is 15.2 Å². The minimum Gasteiger partial charge on any atom is -0.337 e. The first-order valence-corrected chi connectivity index (χ1v) is 9.77. The van der Waals surface area contributed by atoms with E-state index in [-0.39, 0.29) is 5.91 Å². The second-order valence-corrected chi connectivity index (χ2v) is 7.52. The third kappa shape index (κ3) is 3.74. The molecule has 1 amide bonds. The van der Waals surface area contributed by atoms with E-state index in [0.717, 1.165) is 27.8 Å². The van der Waals surface area contributed by atoms with E-state index >= 15 is 0 Å². The summed E-state index contributed by atoms with van der Waals surface area (Å²) in [4.78, 5) is 30.9. The fourth-order valence-corrected chi connectivity index (χ4v) is 3.43. The molecule has 0 aliphatic rings. The number of nitrogens with zero attached hydrogens (tertiary/aromatic N) is 5. The van der Waals surface area contributed by atoms with E-state index in [1.165, 1.54) is 0 Å². The molecule has 0 aliphatic heterocycles. The topological polar surface area (TPSA) is 115 Å². The van der Waals surface area contributed by atoms with Crippen LogP contribution in [0.3, 0.4) is 0 Å². The van der Waals surface area contributed by atoms with Crippen molar-refractivity contribution in [3.63, 3.8) is 0 Å². The number of anilines is 1. The number of rotatable bonds is 5. The van der Waals surface area contributed by atoms with Crippen LogP contribution in [-0.4, -0.2) is 61.6 Å². The van der Waals surface area contributed by atoms with Gasteiger partial charge in [-0.25, -0.2) is 9.97 Å². The van der Waals surface area contributed by atoms with Gasteiger partial charge in [0, 0.05) is 11.8 Å². The molecule has 4 aromatic heterocycles. The number of carbonyl (C=O) groups is 1. The maximum absolute atomic E-state index is 12.1. The molecule has 0 aliphatic carbocycles. The van der Waals surface area contributed by atoms with Crippen LogP contribution in [0.1, 0.15) is 0 Å². The van der Waals surface area contributed by atoms with E-state index in [1.54, 1.807) is 17.3 Å². The van der Waals surface area contributed by atoms with Gasteiger partial charge in [0.05, 0.1) is 40.7 Å². The molecule has 0 spiro atoms. The van der Waals surface area contributed by atoms with Crippen molar-refractivity contribution in [2.24, 2.45) is 0 Å². The number of hydrogen-bond acceptors (Lipinski definition) is 6. The molecule has 5 rings (SSSR count). The second kappa shape index (κ2) is 7.62. The van der Waals surface area contributed by atoms with Crippen LogP contribution in [0.2, 0.25) is 0 Å². The predicted molar refractivity (Wildman–Crippen MR) is 119 cm³/mol. The van der Waals surface area contributed by atoms with Gasteiger partial charge in [0.25, 0.3) is 0 Å². The van der Waals surface area contributed by atoms with Crippen LogP contribution in [0.15, 0.2) is 54.9 Å². The van der Waals surface area contributed by atoms with E-state index in [4.69, 9.17) is 4.98 Å². The van der Waals surface area contributed by atoms with Crippen LogP contribution < -0.4 is 5.32 Å². The third-order valence-electron chi connectivity index (χ3n) is 4.80. The number of amides is 1. The molecule has 0 fully saturated rings. The Bertz CT molecular complexity index is 1370. The largest absolute Gasteiger partial charge is 0.337 e. The van der Waals surface area contributed by atoms with Crippen molar-refractivity contribution in [1.29, 1.82) is 0 Å². The molecule has 5 aromatic rings. The number of hydrogen-bond donors (Lipinski definition) is 3. The molecule has 31 heavy (non-hydrogen) atoms. The maximum atomic E-state index is 12.1. The van der Waals surface area contributed by atoms with Crippen LogP contribution >= 0.6 is 0 Å². The lowest BCUT2D eigenvalue weighted by Crippen LogP contribution is -2.27. The van der Waals surface area contributed by atoms with Crippen LogP contribution in [-0.2, 0) is 4.79 Å². The van der Waals surface area contributed by atoms with Crippen LogP contribution in [0.25, 0.3) is 44.8 Å². The molecule has 0 atom stereocenters. The van der Waals surface area contributed by atoms with Gasteiger partial charge in [-0.3, -0.25) is 14.9 Å². The Hall–Kier alpha value is -4.11. The first-order chi connectivity index (χ1) is 15.1. The summed E-state index contributed by atoms with van der Waals surface area (Å²) in [6.07, 6.45) is 3.34. The molecule has 9 heteroatoms. The highest BCUT2D eigenvalue weighted by Crippen LogP contribution is 2.28.